The molecule has 0 spiro atoms. The molecule has 2 nitrogen and oxygen atoms in total. The van der Waals surface area contributed by atoms with E-state index >= 15 is 0 Å². The molecule has 1 N–H and O–H groups in total. The Morgan fingerprint density at radius 2 is 1.81 bits per heavy atom. The monoisotopic (exact) mass is 279 g/mol. The third-order valence-electron chi connectivity index (χ3n) is 2.05. The van der Waals surface area contributed by atoms with E-state index in [1.807, 2.05) is 0 Å². The Hall–Kier alpha value is -0.440. The second-order valence-electron chi connectivity index (χ2n) is 3.35. The van der Waals surface area contributed by atoms with E-state index in [-0.39, 0.29) is 21.5 Å². The van der Waals surface area contributed by atoms with Gasteiger partial charge in [0, 0.05) is 11.6 Å². The Bertz CT molecular complexity index is 370. The molecule has 0 unspecified atom stereocenters. The summed E-state index contributed by atoms with van der Waals surface area (Å²) < 4.78 is 0. The lowest BCUT2D eigenvalue weighted by Gasteiger charge is -2.08. The molecular weight excluding hydrogens is 268 g/mol. The minimum Gasteiger partial charge on any atom is -0.352 e. The summed E-state index contributed by atoms with van der Waals surface area (Å²) >= 11 is 17.6. The summed E-state index contributed by atoms with van der Waals surface area (Å²) in [5, 5.41) is 3.71. The number of nitrogens with one attached hydrogen (secondary N) is 1. The normalized spacial score (nSPS) is 10.2. The minimum atomic E-state index is -0.264. The smallest absolute Gasteiger partial charge is 0.254 e. The SMILES string of the molecule is CCCCNC(=O)c1c(Cl)cc(Cl)cc1Cl. The Balaban J connectivity index is 2.83. The molecule has 0 heterocycles. The van der Waals surface area contributed by atoms with Gasteiger partial charge in [-0.1, -0.05) is 48.1 Å². The zero-order chi connectivity index (χ0) is 12.1. The Labute approximate surface area is 110 Å². The van der Waals surface area contributed by atoms with Crippen molar-refractivity contribution in [2.75, 3.05) is 6.54 Å². The standard InChI is InChI=1S/C11H12Cl3NO/c1-2-3-4-15-11(16)10-8(13)5-7(12)6-9(10)14/h5-6H,2-4H2,1H3,(H,15,16). The van der Waals surface area contributed by atoms with E-state index in [9.17, 15) is 4.79 Å². The molecule has 0 aliphatic heterocycles. The van der Waals surface area contributed by atoms with E-state index in [2.05, 4.69) is 12.2 Å². The highest BCUT2D eigenvalue weighted by Gasteiger charge is 2.15. The van der Waals surface area contributed by atoms with Crippen molar-refractivity contribution in [1.29, 1.82) is 0 Å². The highest BCUT2D eigenvalue weighted by atomic mass is 35.5. The first-order chi connectivity index (χ1) is 7.56. The van der Waals surface area contributed by atoms with Gasteiger partial charge in [0.05, 0.1) is 15.6 Å². The van der Waals surface area contributed by atoms with Gasteiger partial charge in [0.25, 0.3) is 5.91 Å². The fraction of sp³-hybridized carbons (Fsp3) is 0.364. The summed E-state index contributed by atoms with van der Waals surface area (Å²) in [5.74, 6) is -0.264. The predicted molar refractivity (Wildman–Crippen MR) is 68.7 cm³/mol. The van der Waals surface area contributed by atoms with Gasteiger partial charge in [-0.3, -0.25) is 4.79 Å². The Morgan fingerprint density at radius 1 is 1.25 bits per heavy atom. The van der Waals surface area contributed by atoms with Gasteiger partial charge in [-0.05, 0) is 18.6 Å². The van der Waals surface area contributed by atoms with Crippen molar-refractivity contribution in [3.8, 4) is 0 Å². The van der Waals surface area contributed by atoms with E-state index in [4.69, 9.17) is 34.8 Å². The first-order valence-corrected chi connectivity index (χ1v) is 6.12. The molecule has 0 saturated heterocycles. The molecule has 1 aromatic carbocycles. The van der Waals surface area contributed by atoms with Crippen LogP contribution in [-0.4, -0.2) is 12.5 Å². The second-order valence-corrected chi connectivity index (χ2v) is 4.60. The molecule has 1 amide bonds. The fourth-order valence-corrected chi connectivity index (χ4v) is 2.21. The molecule has 0 saturated carbocycles. The van der Waals surface area contributed by atoms with Gasteiger partial charge in [-0.15, -0.1) is 0 Å². The summed E-state index contributed by atoms with van der Waals surface area (Å²) in [6.07, 6.45) is 1.94. The maximum absolute atomic E-state index is 11.7. The van der Waals surface area contributed by atoms with Crippen molar-refractivity contribution in [3.63, 3.8) is 0 Å². The molecule has 0 aromatic heterocycles. The van der Waals surface area contributed by atoms with Crippen LogP contribution in [-0.2, 0) is 0 Å². The van der Waals surface area contributed by atoms with Gasteiger partial charge in [0.2, 0.25) is 0 Å². The van der Waals surface area contributed by atoms with Gasteiger partial charge in [-0.25, -0.2) is 0 Å². The van der Waals surface area contributed by atoms with Crippen molar-refractivity contribution in [2.24, 2.45) is 0 Å². The van der Waals surface area contributed by atoms with Crippen LogP contribution in [0, 0.1) is 0 Å². The molecule has 1 rings (SSSR count). The van der Waals surface area contributed by atoms with Gasteiger partial charge >= 0.3 is 0 Å². The maximum atomic E-state index is 11.7. The van der Waals surface area contributed by atoms with Gasteiger partial charge in [0.1, 0.15) is 0 Å². The number of hydrogen-bond donors (Lipinski definition) is 1. The van der Waals surface area contributed by atoms with Crippen molar-refractivity contribution in [3.05, 3.63) is 32.8 Å². The average Bonchev–Trinajstić information content (AvgIpc) is 2.16. The quantitative estimate of drug-likeness (QED) is 0.824. The van der Waals surface area contributed by atoms with Gasteiger partial charge in [-0.2, -0.15) is 0 Å². The number of hydrogen-bond acceptors (Lipinski definition) is 1. The van der Waals surface area contributed by atoms with Gasteiger partial charge in [0.15, 0.2) is 0 Å². The third-order valence-corrected chi connectivity index (χ3v) is 2.86. The lowest BCUT2D eigenvalue weighted by Crippen LogP contribution is -2.25. The van der Waals surface area contributed by atoms with Crippen LogP contribution >= 0.6 is 34.8 Å². The van der Waals surface area contributed by atoms with Gasteiger partial charge < -0.3 is 5.32 Å². The molecule has 0 bridgehead atoms. The number of rotatable bonds is 4. The molecule has 0 radical (unpaired) electrons. The summed E-state index contributed by atoms with van der Waals surface area (Å²) in [4.78, 5) is 11.7. The maximum Gasteiger partial charge on any atom is 0.254 e. The zero-order valence-corrected chi connectivity index (χ0v) is 11.1. The minimum absolute atomic E-state index is 0.264. The first kappa shape index (κ1) is 13.6. The van der Waals surface area contributed by atoms with E-state index in [0.29, 0.717) is 11.6 Å². The van der Waals surface area contributed by atoms with Crippen molar-refractivity contribution in [1.82, 2.24) is 5.32 Å². The fourth-order valence-electron chi connectivity index (χ4n) is 1.23. The number of carbonyl (C=O) groups is 1. The molecular formula is C11H12Cl3NO. The molecule has 0 fully saturated rings. The summed E-state index contributed by atoms with van der Waals surface area (Å²) in [6, 6.07) is 3.01. The van der Waals surface area contributed by atoms with Crippen LogP contribution in [0.2, 0.25) is 15.1 Å². The average molecular weight is 281 g/mol. The zero-order valence-electron chi connectivity index (χ0n) is 8.82. The van der Waals surface area contributed by atoms with Crippen LogP contribution in [0.5, 0.6) is 0 Å². The largest absolute Gasteiger partial charge is 0.352 e. The van der Waals surface area contributed by atoms with Crippen LogP contribution in [0.1, 0.15) is 30.1 Å². The van der Waals surface area contributed by atoms with Crippen molar-refractivity contribution >= 4 is 40.7 Å². The Morgan fingerprint density at radius 3 is 2.31 bits per heavy atom. The van der Waals surface area contributed by atoms with Crippen molar-refractivity contribution < 1.29 is 4.79 Å². The lowest BCUT2D eigenvalue weighted by atomic mass is 10.2. The lowest BCUT2D eigenvalue weighted by molar-refractivity contribution is 0.0953. The Kier molecular flexibility index (Phi) is 5.39. The van der Waals surface area contributed by atoms with E-state index in [1.54, 1.807) is 0 Å². The van der Waals surface area contributed by atoms with E-state index in [0.717, 1.165) is 12.8 Å². The predicted octanol–water partition coefficient (Wildman–Crippen LogP) is 4.18. The highest BCUT2D eigenvalue weighted by Crippen LogP contribution is 2.28. The van der Waals surface area contributed by atoms with Crippen LogP contribution in [0.3, 0.4) is 0 Å². The van der Waals surface area contributed by atoms with Crippen LogP contribution in [0.4, 0.5) is 0 Å². The van der Waals surface area contributed by atoms with E-state index < -0.39 is 0 Å². The second kappa shape index (κ2) is 6.33. The topological polar surface area (TPSA) is 29.1 Å². The van der Waals surface area contributed by atoms with E-state index in [1.165, 1.54) is 12.1 Å². The molecule has 1 aromatic rings. The summed E-state index contributed by atoms with van der Waals surface area (Å²) in [7, 11) is 0. The van der Waals surface area contributed by atoms with Crippen LogP contribution in [0.15, 0.2) is 12.1 Å². The number of unbranched alkanes of at least 4 members (excludes halogenated alkanes) is 1. The number of benzene rings is 1. The molecule has 0 atom stereocenters. The summed E-state index contributed by atoms with van der Waals surface area (Å²) in [5.41, 5.74) is 0.281. The summed E-state index contributed by atoms with van der Waals surface area (Å²) in [6.45, 7) is 2.67. The number of halogens is 3. The molecule has 0 aliphatic rings. The number of amides is 1. The third kappa shape index (κ3) is 3.55. The number of carbonyl (C=O) groups excluding carboxylic acids is 1. The molecule has 16 heavy (non-hydrogen) atoms. The van der Waals surface area contributed by atoms with Crippen molar-refractivity contribution in [2.45, 2.75) is 19.8 Å². The first-order valence-electron chi connectivity index (χ1n) is 4.99. The van der Waals surface area contributed by atoms with Crippen LogP contribution in [0.25, 0.3) is 0 Å². The van der Waals surface area contributed by atoms with Crippen LogP contribution < -0.4 is 5.32 Å². The molecule has 5 heteroatoms. The molecule has 88 valence electrons. The highest BCUT2D eigenvalue weighted by molar-refractivity contribution is 6.42. The molecule has 0 aliphatic carbocycles.